The van der Waals surface area contributed by atoms with E-state index in [2.05, 4.69) is 6.58 Å². The summed E-state index contributed by atoms with van der Waals surface area (Å²) in [7, 11) is 0. The molecule has 120 valence electrons. The molecule has 4 nitrogen and oxygen atoms in total. The second kappa shape index (κ2) is 6.60. The number of hydrogen-bond donors (Lipinski definition) is 0. The first kappa shape index (κ1) is 16.7. The molecular formula is C18H18FNO3. The van der Waals surface area contributed by atoms with Crippen LogP contribution < -0.4 is 5.56 Å². The van der Waals surface area contributed by atoms with Crippen LogP contribution in [0.1, 0.15) is 34.1 Å². The molecule has 0 saturated carbocycles. The lowest BCUT2D eigenvalue weighted by molar-refractivity contribution is 0.0523. The van der Waals surface area contributed by atoms with Crippen molar-refractivity contribution >= 4 is 12.0 Å². The molecule has 0 bridgehead atoms. The number of hydrogen-bond acceptors (Lipinski definition) is 3. The zero-order chi connectivity index (χ0) is 17.1. The molecule has 0 N–H and O–H groups in total. The Morgan fingerprint density at radius 1 is 1.30 bits per heavy atom. The highest BCUT2D eigenvalue weighted by molar-refractivity contribution is 5.92. The van der Waals surface area contributed by atoms with Crippen molar-refractivity contribution in [2.75, 3.05) is 6.61 Å². The average Bonchev–Trinajstić information content (AvgIpc) is 2.50. The van der Waals surface area contributed by atoms with Crippen LogP contribution in [0.4, 0.5) is 4.39 Å². The monoisotopic (exact) mass is 315 g/mol. The fourth-order valence-corrected chi connectivity index (χ4v) is 2.60. The number of ether oxygens (including phenoxy) is 1. The summed E-state index contributed by atoms with van der Waals surface area (Å²) in [5.41, 5.74) is 1.79. The van der Waals surface area contributed by atoms with Gasteiger partial charge in [-0.2, -0.15) is 0 Å². The second-order valence-electron chi connectivity index (χ2n) is 5.04. The summed E-state index contributed by atoms with van der Waals surface area (Å²) in [6.07, 6.45) is 1.59. The standard InChI is InChI=1S/C18H18FNO3/c1-5-15-11(3)16(18(22)23-6-2)17(21)20(12(15)4)14-9-7-13(19)8-10-14/h5,7-10H,1,6H2,2-4H3. The maximum Gasteiger partial charge on any atom is 0.344 e. The van der Waals surface area contributed by atoms with Gasteiger partial charge in [0.1, 0.15) is 11.4 Å². The minimum absolute atomic E-state index is 0.0309. The van der Waals surface area contributed by atoms with Crippen molar-refractivity contribution in [2.24, 2.45) is 0 Å². The molecule has 0 fully saturated rings. The van der Waals surface area contributed by atoms with Crippen LogP contribution in [0, 0.1) is 19.7 Å². The summed E-state index contributed by atoms with van der Waals surface area (Å²) in [6.45, 7) is 9.04. The largest absolute Gasteiger partial charge is 0.462 e. The Labute approximate surface area is 133 Å². The number of esters is 1. The molecule has 0 aliphatic rings. The second-order valence-corrected chi connectivity index (χ2v) is 5.04. The van der Waals surface area contributed by atoms with Crippen LogP contribution in [0.2, 0.25) is 0 Å². The van der Waals surface area contributed by atoms with Crippen molar-refractivity contribution < 1.29 is 13.9 Å². The molecule has 1 heterocycles. The number of nitrogens with zero attached hydrogens (tertiary/aromatic N) is 1. The molecule has 0 spiro atoms. The van der Waals surface area contributed by atoms with Crippen molar-refractivity contribution in [3.05, 3.63) is 69.4 Å². The molecule has 0 atom stereocenters. The van der Waals surface area contributed by atoms with Gasteiger partial charge >= 0.3 is 5.97 Å². The minimum Gasteiger partial charge on any atom is -0.462 e. The zero-order valence-corrected chi connectivity index (χ0v) is 13.4. The Morgan fingerprint density at radius 3 is 2.43 bits per heavy atom. The highest BCUT2D eigenvalue weighted by atomic mass is 19.1. The van der Waals surface area contributed by atoms with Gasteiger partial charge in [-0.15, -0.1) is 0 Å². The van der Waals surface area contributed by atoms with E-state index < -0.39 is 17.3 Å². The summed E-state index contributed by atoms with van der Waals surface area (Å²) in [5, 5.41) is 0. The van der Waals surface area contributed by atoms with Gasteiger partial charge < -0.3 is 4.74 Å². The van der Waals surface area contributed by atoms with Gasteiger partial charge in [-0.05, 0) is 56.2 Å². The van der Waals surface area contributed by atoms with Gasteiger partial charge in [0.2, 0.25) is 0 Å². The summed E-state index contributed by atoms with van der Waals surface area (Å²) < 4.78 is 19.5. The third-order valence-corrected chi connectivity index (χ3v) is 3.69. The van der Waals surface area contributed by atoms with Gasteiger partial charge in [0.25, 0.3) is 5.56 Å². The van der Waals surface area contributed by atoms with E-state index in [1.807, 2.05) is 0 Å². The highest BCUT2D eigenvalue weighted by Crippen LogP contribution is 2.20. The number of benzene rings is 1. The van der Waals surface area contributed by atoms with Crippen LogP contribution in [-0.4, -0.2) is 17.1 Å². The molecule has 2 aromatic rings. The molecule has 0 saturated heterocycles. The maximum absolute atomic E-state index is 13.1. The molecule has 5 heteroatoms. The lowest BCUT2D eigenvalue weighted by Crippen LogP contribution is -2.30. The van der Waals surface area contributed by atoms with Crippen molar-refractivity contribution in [1.82, 2.24) is 4.57 Å². The fourth-order valence-electron chi connectivity index (χ4n) is 2.60. The summed E-state index contributed by atoms with van der Waals surface area (Å²) >= 11 is 0. The van der Waals surface area contributed by atoms with Crippen molar-refractivity contribution in [3.8, 4) is 5.69 Å². The average molecular weight is 315 g/mol. The zero-order valence-electron chi connectivity index (χ0n) is 13.4. The molecule has 0 aliphatic carbocycles. The first-order valence-corrected chi connectivity index (χ1v) is 7.24. The molecule has 0 unspecified atom stereocenters. The predicted molar refractivity (Wildman–Crippen MR) is 87.5 cm³/mol. The first-order chi connectivity index (χ1) is 10.9. The van der Waals surface area contributed by atoms with Crippen molar-refractivity contribution in [2.45, 2.75) is 20.8 Å². The van der Waals surface area contributed by atoms with Gasteiger partial charge in [-0.25, -0.2) is 9.18 Å². The Bertz CT molecular complexity index is 820. The molecular weight excluding hydrogens is 297 g/mol. The summed E-state index contributed by atoms with van der Waals surface area (Å²) in [5.74, 6) is -1.07. The van der Waals surface area contributed by atoms with Crippen LogP contribution in [-0.2, 0) is 4.74 Å². The predicted octanol–water partition coefficient (Wildman–Crippen LogP) is 3.41. The van der Waals surface area contributed by atoms with Crippen LogP contribution in [0.15, 0.2) is 35.6 Å². The van der Waals surface area contributed by atoms with Gasteiger partial charge in [0.15, 0.2) is 0 Å². The third-order valence-electron chi connectivity index (χ3n) is 3.69. The first-order valence-electron chi connectivity index (χ1n) is 7.24. The van der Waals surface area contributed by atoms with E-state index in [4.69, 9.17) is 4.74 Å². The summed E-state index contributed by atoms with van der Waals surface area (Å²) in [4.78, 5) is 25.0. The maximum atomic E-state index is 13.1. The number of rotatable bonds is 4. The van der Waals surface area contributed by atoms with Gasteiger partial charge in [0.05, 0.1) is 6.61 Å². The van der Waals surface area contributed by atoms with E-state index >= 15 is 0 Å². The number of halogens is 1. The van der Waals surface area contributed by atoms with Gasteiger partial charge in [0, 0.05) is 11.4 Å². The third kappa shape index (κ3) is 2.95. The SMILES string of the molecule is C=Cc1c(C)c(C(=O)OCC)c(=O)n(-c2ccc(F)cc2)c1C. The number of carbonyl (C=O) groups excluding carboxylic acids is 1. The molecule has 1 aromatic heterocycles. The Hall–Kier alpha value is -2.69. The van der Waals surface area contributed by atoms with Gasteiger partial charge in [-0.3, -0.25) is 9.36 Å². The lowest BCUT2D eigenvalue weighted by Gasteiger charge is -2.17. The quantitative estimate of drug-likeness (QED) is 0.812. The van der Waals surface area contributed by atoms with Crippen LogP contribution >= 0.6 is 0 Å². The summed E-state index contributed by atoms with van der Waals surface area (Å²) in [6, 6.07) is 5.50. The highest BCUT2D eigenvalue weighted by Gasteiger charge is 2.22. The molecule has 0 aliphatic heterocycles. The van der Waals surface area contributed by atoms with E-state index in [1.54, 1.807) is 26.8 Å². The fraction of sp³-hybridized carbons (Fsp3) is 0.222. The van der Waals surface area contributed by atoms with Crippen LogP contribution in [0.25, 0.3) is 11.8 Å². The smallest absolute Gasteiger partial charge is 0.344 e. The van der Waals surface area contributed by atoms with E-state index in [9.17, 15) is 14.0 Å². The van der Waals surface area contributed by atoms with E-state index in [1.165, 1.54) is 28.8 Å². The van der Waals surface area contributed by atoms with E-state index in [-0.39, 0.29) is 12.2 Å². The normalized spacial score (nSPS) is 10.4. The number of aromatic nitrogens is 1. The molecule has 0 amide bonds. The van der Waals surface area contributed by atoms with Crippen molar-refractivity contribution in [3.63, 3.8) is 0 Å². The van der Waals surface area contributed by atoms with Crippen LogP contribution in [0.5, 0.6) is 0 Å². The van der Waals surface area contributed by atoms with Crippen LogP contribution in [0.3, 0.4) is 0 Å². The molecule has 1 aromatic carbocycles. The van der Waals surface area contributed by atoms with E-state index in [0.717, 1.165) is 0 Å². The topological polar surface area (TPSA) is 48.3 Å². The molecule has 23 heavy (non-hydrogen) atoms. The number of pyridine rings is 1. The Balaban J connectivity index is 2.84. The lowest BCUT2D eigenvalue weighted by atomic mass is 10.0. The molecule has 0 radical (unpaired) electrons. The Morgan fingerprint density at radius 2 is 1.91 bits per heavy atom. The Kier molecular flexibility index (Phi) is 4.79. The van der Waals surface area contributed by atoms with Crippen molar-refractivity contribution in [1.29, 1.82) is 0 Å². The number of carbonyl (C=O) groups is 1. The molecule has 2 rings (SSSR count). The van der Waals surface area contributed by atoms with Gasteiger partial charge in [-0.1, -0.05) is 12.7 Å². The minimum atomic E-state index is -0.672. The van der Waals surface area contributed by atoms with E-state index in [0.29, 0.717) is 22.5 Å².